The van der Waals surface area contributed by atoms with Gasteiger partial charge in [-0.3, -0.25) is 0 Å². The van der Waals surface area contributed by atoms with Gasteiger partial charge in [0.05, 0.1) is 6.10 Å². The first-order chi connectivity index (χ1) is 9.22. The molecule has 5 heteroatoms. The maximum atomic E-state index is 5.53. The topological polar surface area (TPSA) is 9.23 Å². The Bertz CT molecular complexity index is 182. The lowest BCUT2D eigenvalue weighted by Gasteiger charge is -2.26. The molecule has 0 N–H and O–H groups in total. The predicted molar refractivity (Wildman–Crippen MR) is 101 cm³/mol. The van der Waals surface area contributed by atoms with Crippen molar-refractivity contribution >= 4 is 47.9 Å². The zero-order valence-electron chi connectivity index (χ0n) is 12.8. The minimum absolute atomic E-state index is 0.378. The van der Waals surface area contributed by atoms with Gasteiger partial charge in [-0.05, 0) is 26.0 Å². The molecule has 0 bridgehead atoms. The van der Waals surface area contributed by atoms with Crippen molar-refractivity contribution in [1.29, 1.82) is 0 Å². The molecular weight excluding hydrogens is 312 g/mol. The number of thiol groups is 1. The standard InChI is InChI=1S/C12H24OS4.C2H6/c1-10(2)13-4-3-5-15-7-12-9-16-11(6-14)8-17-12;1-2/h10-12,14H,3-9H2,1-2H3;1-2H3. The molecule has 0 aromatic rings. The number of hydrogen-bond donors (Lipinski definition) is 1. The summed E-state index contributed by atoms with van der Waals surface area (Å²) in [6.45, 7) is 9.11. The fourth-order valence-corrected chi connectivity index (χ4v) is 6.35. The molecular formula is C14H30OS4. The highest BCUT2D eigenvalue weighted by Crippen LogP contribution is 2.32. The quantitative estimate of drug-likeness (QED) is 0.505. The smallest absolute Gasteiger partial charge is 0.0518 e. The molecule has 0 aromatic heterocycles. The van der Waals surface area contributed by atoms with E-state index in [-0.39, 0.29) is 0 Å². The van der Waals surface area contributed by atoms with E-state index >= 15 is 0 Å². The normalized spacial score (nSPS) is 23.1. The van der Waals surface area contributed by atoms with Crippen LogP contribution in [0, 0.1) is 0 Å². The van der Waals surface area contributed by atoms with Crippen LogP contribution in [0.25, 0.3) is 0 Å². The Labute approximate surface area is 138 Å². The first kappa shape index (κ1) is 20.4. The van der Waals surface area contributed by atoms with E-state index in [9.17, 15) is 0 Å². The van der Waals surface area contributed by atoms with Crippen LogP contribution in [-0.4, -0.2) is 52.0 Å². The van der Waals surface area contributed by atoms with Crippen LogP contribution in [0.2, 0.25) is 0 Å². The minimum Gasteiger partial charge on any atom is -0.379 e. The van der Waals surface area contributed by atoms with E-state index in [4.69, 9.17) is 4.74 Å². The lowest BCUT2D eigenvalue weighted by molar-refractivity contribution is 0.0800. The summed E-state index contributed by atoms with van der Waals surface area (Å²) in [6, 6.07) is 0. The van der Waals surface area contributed by atoms with Crippen LogP contribution in [0.5, 0.6) is 0 Å². The molecule has 1 aliphatic heterocycles. The van der Waals surface area contributed by atoms with Gasteiger partial charge in [0.15, 0.2) is 0 Å². The molecule has 19 heavy (non-hydrogen) atoms. The van der Waals surface area contributed by atoms with E-state index in [0.29, 0.717) is 6.10 Å². The maximum absolute atomic E-state index is 5.53. The number of rotatable bonds is 8. The molecule has 0 aromatic carbocycles. The largest absolute Gasteiger partial charge is 0.379 e. The van der Waals surface area contributed by atoms with Gasteiger partial charge in [-0.15, -0.1) is 0 Å². The van der Waals surface area contributed by atoms with Crippen molar-refractivity contribution in [1.82, 2.24) is 0 Å². The first-order valence-corrected chi connectivity index (χ1v) is 11.1. The first-order valence-electron chi connectivity index (χ1n) is 7.25. The average molecular weight is 343 g/mol. The Morgan fingerprint density at radius 2 is 1.84 bits per heavy atom. The third-order valence-electron chi connectivity index (χ3n) is 2.43. The van der Waals surface area contributed by atoms with E-state index in [1.54, 1.807) is 0 Å². The van der Waals surface area contributed by atoms with Gasteiger partial charge in [0.2, 0.25) is 0 Å². The van der Waals surface area contributed by atoms with Gasteiger partial charge in [0.1, 0.15) is 0 Å². The van der Waals surface area contributed by atoms with E-state index in [2.05, 4.69) is 61.8 Å². The van der Waals surface area contributed by atoms with Crippen molar-refractivity contribution in [3.05, 3.63) is 0 Å². The molecule has 0 saturated carbocycles. The summed E-state index contributed by atoms with van der Waals surface area (Å²) < 4.78 is 5.53. The summed E-state index contributed by atoms with van der Waals surface area (Å²) in [4.78, 5) is 0. The highest BCUT2D eigenvalue weighted by molar-refractivity contribution is 8.08. The van der Waals surface area contributed by atoms with Gasteiger partial charge in [-0.2, -0.15) is 47.9 Å². The van der Waals surface area contributed by atoms with Gasteiger partial charge < -0.3 is 4.74 Å². The Balaban J connectivity index is 0.00000154. The zero-order chi connectivity index (χ0) is 14.5. The molecule has 0 aliphatic carbocycles. The molecule has 0 amide bonds. The van der Waals surface area contributed by atoms with Crippen LogP contribution in [0.4, 0.5) is 0 Å². The third-order valence-corrected chi connectivity index (χ3v) is 7.76. The third kappa shape index (κ3) is 11.7. The van der Waals surface area contributed by atoms with E-state index in [0.717, 1.165) is 22.9 Å². The Kier molecular flexibility index (Phi) is 15.3. The molecule has 1 nitrogen and oxygen atoms in total. The number of hydrogen-bond acceptors (Lipinski definition) is 5. The molecule has 1 rings (SSSR count). The van der Waals surface area contributed by atoms with Gasteiger partial charge >= 0.3 is 0 Å². The Hall–Kier alpha value is 1.36. The summed E-state index contributed by atoms with van der Waals surface area (Å²) in [6.07, 6.45) is 1.57. The van der Waals surface area contributed by atoms with E-state index < -0.39 is 0 Å². The molecule has 0 spiro atoms. The minimum atomic E-state index is 0.378. The van der Waals surface area contributed by atoms with Crippen molar-refractivity contribution in [2.45, 2.75) is 50.7 Å². The summed E-state index contributed by atoms with van der Waals surface area (Å²) in [7, 11) is 0. The zero-order valence-corrected chi connectivity index (χ0v) is 16.1. The predicted octanol–water partition coefficient (Wildman–Crippen LogP) is 4.71. The van der Waals surface area contributed by atoms with Gasteiger partial charge in [-0.25, -0.2) is 0 Å². The number of ether oxygens (including phenoxy) is 1. The summed E-state index contributed by atoms with van der Waals surface area (Å²) in [5.41, 5.74) is 0. The number of thioether (sulfide) groups is 3. The fourth-order valence-electron chi connectivity index (χ4n) is 1.48. The highest BCUT2D eigenvalue weighted by atomic mass is 32.2. The van der Waals surface area contributed by atoms with Crippen molar-refractivity contribution < 1.29 is 4.74 Å². The van der Waals surface area contributed by atoms with Crippen LogP contribution in [0.15, 0.2) is 0 Å². The lowest BCUT2D eigenvalue weighted by atomic mass is 10.4. The van der Waals surface area contributed by atoms with Crippen LogP contribution < -0.4 is 0 Å². The molecule has 116 valence electrons. The Morgan fingerprint density at radius 1 is 1.21 bits per heavy atom. The Morgan fingerprint density at radius 3 is 2.37 bits per heavy atom. The van der Waals surface area contributed by atoms with Gasteiger partial charge in [0, 0.05) is 40.1 Å². The van der Waals surface area contributed by atoms with Gasteiger partial charge in [0.25, 0.3) is 0 Å². The monoisotopic (exact) mass is 342 g/mol. The SMILES string of the molecule is CC.CC(C)OCCCSCC1CSC(CS)CS1. The van der Waals surface area contributed by atoms with Crippen molar-refractivity contribution in [2.24, 2.45) is 0 Å². The van der Waals surface area contributed by atoms with Crippen molar-refractivity contribution in [3.63, 3.8) is 0 Å². The molecule has 1 fully saturated rings. The second kappa shape index (κ2) is 14.3. The lowest BCUT2D eigenvalue weighted by Crippen LogP contribution is -2.24. The van der Waals surface area contributed by atoms with Crippen molar-refractivity contribution in [3.8, 4) is 0 Å². The molecule has 1 heterocycles. The maximum Gasteiger partial charge on any atom is 0.0518 e. The van der Waals surface area contributed by atoms with Crippen LogP contribution in [0.3, 0.4) is 0 Å². The molecule has 1 aliphatic rings. The molecule has 2 atom stereocenters. The molecule has 1 saturated heterocycles. The summed E-state index contributed by atoms with van der Waals surface area (Å²) in [5.74, 6) is 6.17. The second-order valence-electron chi connectivity index (χ2n) is 4.44. The van der Waals surface area contributed by atoms with Crippen LogP contribution in [-0.2, 0) is 4.74 Å². The molecule has 2 unspecified atom stereocenters. The fraction of sp³-hybridized carbons (Fsp3) is 1.00. The summed E-state index contributed by atoms with van der Waals surface area (Å²) >= 11 is 10.7. The summed E-state index contributed by atoms with van der Waals surface area (Å²) in [5, 5.41) is 1.64. The van der Waals surface area contributed by atoms with Crippen LogP contribution >= 0.6 is 47.9 Å². The van der Waals surface area contributed by atoms with Crippen LogP contribution in [0.1, 0.15) is 34.1 Å². The second-order valence-corrected chi connectivity index (χ2v) is 8.62. The van der Waals surface area contributed by atoms with Gasteiger partial charge in [-0.1, -0.05) is 13.8 Å². The van der Waals surface area contributed by atoms with E-state index in [1.165, 1.54) is 29.4 Å². The average Bonchev–Trinajstić information content (AvgIpc) is 2.45. The highest BCUT2D eigenvalue weighted by Gasteiger charge is 2.20. The van der Waals surface area contributed by atoms with Crippen molar-refractivity contribution in [2.75, 3.05) is 35.4 Å². The van der Waals surface area contributed by atoms with E-state index in [1.807, 2.05) is 13.8 Å². The molecule has 0 radical (unpaired) electrons.